The second-order valence-electron chi connectivity index (χ2n) is 5.21. The van der Waals surface area contributed by atoms with Crippen molar-refractivity contribution in [3.63, 3.8) is 0 Å². The topological polar surface area (TPSA) is 103 Å². The fourth-order valence-corrected chi connectivity index (χ4v) is 2.27. The standard InChI is InChI=1S/C16H19NO5/c1-3-4-10(18)7-14(19)21-13-6-5-11-12(17)8-15(20)22-16(11)9(13)2/h5-6,8,10,18H,3-4,7,17H2,1-2H3. The Labute approximate surface area is 127 Å². The first-order chi connectivity index (χ1) is 10.4. The highest BCUT2D eigenvalue weighted by atomic mass is 16.5. The highest BCUT2D eigenvalue weighted by Gasteiger charge is 2.16. The van der Waals surface area contributed by atoms with Crippen LogP contribution >= 0.6 is 0 Å². The molecule has 0 aliphatic rings. The first-order valence-electron chi connectivity index (χ1n) is 7.14. The van der Waals surface area contributed by atoms with E-state index in [0.29, 0.717) is 28.6 Å². The minimum Gasteiger partial charge on any atom is -0.426 e. The van der Waals surface area contributed by atoms with E-state index < -0.39 is 17.7 Å². The molecule has 0 saturated carbocycles. The van der Waals surface area contributed by atoms with E-state index in [-0.39, 0.29) is 12.2 Å². The molecular weight excluding hydrogens is 286 g/mol. The average molecular weight is 305 g/mol. The van der Waals surface area contributed by atoms with Crippen molar-refractivity contribution >= 4 is 22.6 Å². The number of aliphatic hydroxyl groups excluding tert-OH is 1. The van der Waals surface area contributed by atoms with Gasteiger partial charge in [0.05, 0.1) is 12.5 Å². The number of benzene rings is 1. The molecule has 0 amide bonds. The number of hydrogen-bond donors (Lipinski definition) is 2. The zero-order chi connectivity index (χ0) is 16.3. The maximum Gasteiger partial charge on any atom is 0.338 e. The maximum atomic E-state index is 11.8. The maximum absolute atomic E-state index is 11.8. The minimum absolute atomic E-state index is 0.0772. The van der Waals surface area contributed by atoms with E-state index in [1.165, 1.54) is 6.07 Å². The van der Waals surface area contributed by atoms with E-state index in [1.807, 2.05) is 6.92 Å². The zero-order valence-corrected chi connectivity index (χ0v) is 12.6. The van der Waals surface area contributed by atoms with Gasteiger partial charge in [0, 0.05) is 22.7 Å². The summed E-state index contributed by atoms with van der Waals surface area (Å²) in [6.07, 6.45) is 0.531. The van der Waals surface area contributed by atoms with E-state index in [9.17, 15) is 14.7 Å². The molecule has 2 aromatic rings. The smallest absolute Gasteiger partial charge is 0.338 e. The summed E-state index contributed by atoms with van der Waals surface area (Å²) in [5.74, 6) is -0.246. The van der Waals surface area contributed by atoms with Gasteiger partial charge >= 0.3 is 11.6 Å². The fraction of sp³-hybridized carbons (Fsp3) is 0.375. The lowest BCUT2D eigenvalue weighted by atomic mass is 10.1. The van der Waals surface area contributed by atoms with Crippen LogP contribution in [0.3, 0.4) is 0 Å². The molecule has 2 rings (SSSR count). The van der Waals surface area contributed by atoms with Crippen LogP contribution in [0, 0.1) is 6.92 Å². The van der Waals surface area contributed by atoms with Crippen LogP contribution in [0.15, 0.2) is 27.4 Å². The summed E-state index contributed by atoms with van der Waals surface area (Å²) < 4.78 is 10.4. The third-order valence-corrected chi connectivity index (χ3v) is 3.39. The predicted octanol–water partition coefficient (Wildman–Crippen LogP) is 2.14. The third-order valence-electron chi connectivity index (χ3n) is 3.39. The van der Waals surface area contributed by atoms with Crippen molar-refractivity contribution in [2.75, 3.05) is 5.73 Å². The van der Waals surface area contributed by atoms with Gasteiger partial charge in [0.15, 0.2) is 0 Å². The summed E-state index contributed by atoms with van der Waals surface area (Å²) in [6.45, 7) is 3.60. The Morgan fingerprint density at radius 2 is 2.18 bits per heavy atom. The Bertz CT molecular complexity index is 750. The molecule has 1 aromatic heterocycles. The number of rotatable bonds is 5. The molecule has 0 fully saturated rings. The number of aryl methyl sites for hydroxylation is 1. The van der Waals surface area contributed by atoms with Gasteiger partial charge in [0.25, 0.3) is 0 Å². The number of carbonyl (C=O) groups is 1. The Balaban J connectivity index is 2.27. The van der Waals surface area contributed by atoms with Gasteiger partial charge in [0.1, 0.15) is 11.3 Å². The largest absolute Gasteiger partial charge is 0.426 e. The molecule has 22 heavy (non-hydrogen) atoms. The number of aliphatic hydroxyl groups is 1. The lowest BCUT2D eigenvalue weighted by molar-refractivity contribution is -0.136. The second kappa shape index (κ2) is 6.62. The normalized spacial score (nSPS) is 12.3. The summed E-state index contributed by atoms with van der Waals surface area (Å²) >= 11 is 0. The van der Waals surface area contributed by atoms with Crippen molar-refractivity contribution in [1.82, 2.24) is 0 Å². The van der Waals surface area contributed by atoms with Crippen LogP contribution in [0.5, 0.6) is 5.75 Å². The fourth-order valence-electron chi connectivity index (χ4n) is 2.27. The summed E-state index contributed by atoms with van der Waals surface area (Å²) in [5.41, 5.74) is 6.34. The highest BCUT2D eigenvalue weighted by Crippen LogP contribution is 2.29. The molecule has 6 heteroatoms. The van der Waals surface area contributed by atoms with Crippen LogP contribution in [0.4, 0.5) is 5.69 Å². The minimum atomic E-state index is -0.716. The van der Waals surface area contributed by atoms with Gasteiger partial charge < -0.3 is 20.0 Å². The molecular formula is C16H19NO5. The number of ether oxygens (including phenoxy) is 1. The molecule has 6 nitrogen and oxygen atoms in total. The van der Waals surface area contributed by atoms with Crippen molar-refractivity contribution in [2.24, 2.45) is 0 Å². The van der Waals surface area contributed by atoms with Crippen molar-refractivity contribution in [3.8, 4) is 5.75 Å². The number of nitrogen functional groups attached to an aromatic ring is 1. The number of anilines is 1. The molecule has 1 atom stereocenters. The molecule has 1 heterocycles. The SMILES string of the molecule is CCCC(O)CC(=O)Oc1ccc2c(N)cc(=O)oc2c1C. The first-order valence-corrected chi connectivity index (χ1v) is 7.14. The van der Waals surface area contributed by atoms with Gasteiger partial charge in [-0.15, -0.1) is 0 Å². The first kappa shape index (κ1) is 16.0. The van der Waals surface area contributed by atoms with E-state index in [1.54, 1.807) is 19.1 Å². The predicted molar refractivity (Wildman–Crippen MR) is 82.8 cm³/mol. The number of fused-ring (bicyclic) bond motifs is 1. The summed E-state index contributed by atoms with van der Waals surface area (Å²) in [4.78, 5) is 23.2. The van der Waals surface area contributed by atoms with Crippen LogP contribution in [-0.2, 0) is 4.79 Å². The molecule has 0 aliphatic heterocycles. The summed E-state index contributed by atoms with van der Waals surface area (Å²) in [5, 5.41) is 10.2. The number of nitrogens with two attached hydrogens (primary N) is 1. The Hall–Kier alpha value is -2.34. The molecule has 1 aromatic carbocycles. The molecule has 0 aliphatic carbocycles. The van der Waals surface area contributed by atoms with E-state index in [0.717, 1.165) is 6.42 Å². The third kappa shape index (κ3) is 3.46. The molecule has 3 N–H and O–H groups in total. The zero-order valence-electron chi connectivity index (χ0n) is 12.6. The molecule has 0 bridgehead atoms. The summed E-state index contributed by atoms with van der Waals surface area (Å²) in [6, 6.07) is 4.43. The Morgan fingerprint density at radius 3 is 2.86 bits per heavy atom. The quantitative estimate of drug-likeness (QED) is 0.498. The van der Waals surface area contributed by atoms with Gasteiger partial charge in [0.2, 0.25) is 0 Å². The van der Waals surface area contributed by atoms with Crippen molar-refractivity contribution in [1.29, 1.82) is 0 Å². The van der Waals surface area contributed by atoms with E-state index in [4.69, 9.17) is 14.9 Å². The molecule has 0 spiro atoms. The van der Waals surface area contributed by atoms with Gasteiger partial charge in [-0.2, -0.15) is 0 Å². The Morgan fingerprint density at radius 1 is 1.45 bits per heavy atom. The monoisotopic (exact) mass is 305 g/mol. The van der Waals surface area contributed by atoms with Gasteiger partial charge in [-0.1, -0.05) is 13.3 Å². The van der Waals surface area contributed by atoms with Crippen LogP contribution in [0.25, 0.3) is 11.0 Å². The molecule has 0 radical (unpaired) electrons. The molecule has 118 valence electrons. The van der Waals surface area contributed by atoms with Crippen LogP contribution in [0.2, 0.25) is 0 Å². The second-order valence-corrected chi connectivity index (χ2v) is 5.21. The van der Waals surface area contributed by atoms with Crippen molar-refractivity contribution < 1.29 is 19.1 Å². The Kier molecular flexibility index (Phi) is 4.82. The highest BCUT2D eigenvalue weighted by molar-refractivity contribution is 5.92. The van der Waals surface area contributed by atoms with Crippen LogP contribution < -0.4 is 16.1 Å². The number of hydrogen-bond acceptors (Lipinski definition) is 6. The van der Waals surface area contributed by atoms with Crippen molar-refractivity contribution in [3.05, 3.63) is 34.2 Å². The van der Waals surface area contributed by atoms with E-state index >= 15 is 0 Å². The van der Waals surface area contributed by atoms with Crippen LogP contribution in [-0.4, -0.2) is 17.2 Å². The van der Waals surface area contributed by atoms with Crippen molar-refractivity contribution in [2.45, 2.75) is 39.2 Å². The lowest BCUT2D eigenvalue weighted by Crippen LogP contribution is -2.18. The molecule has 1 unspecified atom stereocenters. The summed E-state index contributed by atoms with van der Waals surface area (Å²) in [7, 11) is 0. The van der Waals surface area contributed by atoms with Gasteiger partial charge in [-0.25, -0.2) is 4.79 Å². The van der Waals surface area contributed by atoms with Crippen LogP contribution in [0.1, 0.15) is 31.7 Å². The molecule has 0 saturated heterocycles. The number of esters is 1. The number of carbonyl (C=O) groups excluding carboxylic acids is 1. The average Bonchev–Trinajstić information content (AvgIpc) is 2.42. The van der Waals surface area contributed by atoms with E-state index in [2.05, 4.69) is 0 Å². The lowest BCUT2D eigenvalue weighted by Gasteiger charge is -2.12. The van der Waals surface area contributed by atoms with Gasteiger partial charge in [-0.05, 0) is 25.5 Å². The van der Waals surface area contributed by atoms with Gasteiger partial charge in [-0.3, -0.25) is 4.79 Å².